The summed E-state index contributed by atoms with van der Waals surface area (Å²) >= 11 is 0. The fourth-order valence-corrected chi connectivity index (χ4v) is 3.52. The minimum absolute atomic E-state index is 0.00978. The first-order chi connectivity index (χ1) is 13.0. The van der Waals surface area contributed by atoms with Crippen LogP contribution in [0.4, 0.5) is 5.69 Å². The van der Waals surface area contributed by atoms with E-state index in [9.17, 15) is 9.59 Å². The van der Waals surface area contributed by atoms with Crippen LogP contribution in [0.25, 0.3) is 0 Å². The van der Waals surface area contributed by atoms with E-state index in [1.165, 1.54) is 5.56 Å². The topological polar surface area (TPSA) is 61.4 Å². The number of fused-ring (bicyclic) bond motifs is 1. The molecule has 5 nitrogen and oxygen atoms in total. The van der Waals surface area contributed by atoms with Gasteiger partial charge in [-0.3, -0.25) is 9.59 Å². The van der Waals surface area contributed by atoms with Crippen LogP contribution in [0.5, 0.6) is 0 Å². The minimum Gasteiger partial charge on any atom is -0.354 e. The van der Waals surface area contributed by atoms with Crippen molar-refractivity contribution >= 4 is 17.5 Å². The average Bonchev–Trinajstić information content (AvgIpc) is 2.67. The Labute approximate surface area is 160 Å². The van der Waals surface area contributed by atoms with E-state index in [1.54, 1.807) is 0 Å². The van der Waals surface area contributed by atoms with Crippen LogP contribution >= 0.6 is 0 Å². The maximum absolute atomic E-state index is 12.3. The van der Waals surface area contributed by atoms with E-state index in [0.717, 1.165) is 11.3 Å². The standard InChI is InChI=1S/C22H27N3O2/c1-25(2)20(16-8-4-3-5-9-16)15-23-21(26)13-12-18-14-17-10-6-7-11-19(17)24-22(18)27/h3-11,18,20H,12-15H2,1-2H3,(H,23,26)(H,24,27)/t18-,20+/m1/s1. The lowest BCUT2D eigenvalue weighted by atomic mass is 9.89. The smallest absolute Gasteiger partial charge is 0.227 e. The molecule has 2 atom stereocenters. The molecule has 0 spiro atoms. The lowest BCUT2D eigenvalue weighted by Gasteiger charge is -2.26. The van der Waals surface area contributed by atoms with Gasteiger partial charge < -0.3 is 15.5 Å². The van der Waals surface area contributed by atoms with Gasteiger partial charge in [0.15, 0.2) is 0 Å². The molecule has 0 unspecified atom stereocenters. The Morgan fingerprint density at radius 3 is 2.59 bits per heavy atom. The molecule has 27 heavy (non-hydrogen) atoms. The van der Waals surface area contributed by atoms with Crippen molar-refractivity contribution in [3.63, 3.8) is 0 Å². The molecule has 0 aromatic heterocycles. The van der Waals surface area contributed by atoms with Crippen LogP contribution < -0.4 is 10.6 Å². The van der Waals surface area contributed by atoms with Gasteiger partial charge in [0.1, 0.15) is 0 Å². The lowest BCUT2D eigenvalue weighted by molar-refractivity contribution is -0.123. The van der Waals surface area contributed by atoms with Crippen molar-refractivity contribution < 1.29 is 9.59 Å². The van der Waals surface area contributed by atoms with E-state index >= 15 is 0 Å². The van der Waals surface area contributed by atoms with Crippen molar-refractivity contribution in [3.8, 4) is 0 Å². The van der Waals surface area contributed by atoms with E-state index < -0.39 is 0 Å². The number of nitrogens with zero attached hydrogens (tertiary/aromatic N) is 1. The maximum atomic E-state index is 12.3. The second-order valence-corrected chi connectivity index (χ2v) is 7.28. The molecule has 3 rings (SSSR count). The molecule has 2 aromatic carbocycles. The Kier molecular flexibility index (Phi) is 6.24. The third-order valence-corrected chi connectivity index (χ3v) is 5.13. The van der Waals surface area contributed by atoms with Gasteiger partial charge in [-0.25, -0.2) is 0 Å². The first kappa shape index (κ1) is 19.1. The van der Waals surface area contributed by atoms with Crippen molar-refractivity contribution in [2.45, 2.75) is 25.3 Å². The molecule has 1 aliphatic rings. The molecule has 0 saturated carbocycles. The molecule has 2 N–H and O–H groups in total. The van der Waals surface area contributed by atoms with Gasteiger partial charge in [-0.05, 0) is 44.1 Å². The number of rotatable bonds is 7. The number of hydrogen-bond acceptors (Lipinski definition) is 3. The van der Waals surface area contributed by atoms with Crippen LogP contribution in [-0.4, -0.2) is 37.4 Å². The van der Waals surface area contributed by atoms with Crippen molar-refractivity contribution in [2.75, 3.05) is 26.0 Å². The summed E-state index contributed by atoms with van der Waals surface area (Å²) in [6.07, 6.45) is 1.61. The van der Waals surface area contributed by atoms with Crippen LogP contribution in [0.2, 0.25) is 0 Å². The summed E-state index contributed by atoms with van der Waals surface area (Å²) in [5, 5.41) is 5.97. The number of hydrogen-bond donors (Lipinski definition) is 2. The van der Waals surface area contributed by atoms with Crippen LogP contribution in [0.3, 0.4) is 0 Å². The number of nitrogens with one attached hydrogen (secondary N) is 2. The fraction of sp³-hybridized carbons (Fsp3) is 0.364. The highest BCUT2D eigenvalue weighted by Crippen LogP contribution is 2.27. The van der Waals surface area contributed by atoms with Gasteiger partial charge in [-0.1, -0.05) is 48.5 Å². The lowest BCUT2D eigenvalue weighted by Crippen LogP contribution is -2.35. The first-order valence-electron chi connectivity index (χ1n) is 9.41. The number of benzene rings is 2. The normalized spacial score (nSPS) is 17.1. The Morgan fingerprint density at radius 1 is 1.15 bits per heavy atom. The van der Waals surface area contributed by atoms with Gasteiger partial charge in [0, 0.05) is 24.6 Å². The number of amides is 2. The number of carbonyl (C=O) groups excluding carboxylic acids is 2. The molecule has 0 bridgehead atoms. The van der Waals surface area contributed by atoms with Gasteiger partial charge in [0.05, 0.1) is 6.04 Å². The Bertz CT molecular complexity index is 789. The highest BCUT2D eigenvalue weighted by Gasteiger charge is 2.26. The van der Waals surface area contributed by atoms with Crippen LogP contribution in [0, 0.1) is 5.92 Å². The predicted octanol–water partition coefficient (Wildman–Crippen LogP) is 3.00. The van der Waals surface area contributed by atoms with Gasteiger partial charge >= 0.3 is 0 Å². The molecule has 1 heterocycles. The summed E-state index contributed by atoms with van der Waals surface area (Å²) in [5.74, 6) is -0.147. The molecule has 2 aromatic rings. The van der Waals surface area contributed by atoms with Crippen LogP contribution in [0.15, 0.2) is 54.6 Å². The maximum Gasteiger partial charge on any atom is 0.227 e. The van der Waals surface area contributed by atoms with E-state index in [1.807, 2.05) is 56.6 Å². The van der Waals surface area contributed by atoms with Crippen molar-refractivity contribution in [3.05, 3.63) is 65.7 Å². The predicted molar refractivity (Wildman–Crippen MR) is 107 cm³/mol. The molecule has 0 fully saturated rings. The first-order valence-corrected chi connectivity index (χ1v) is 9.41. The molecule has 5 heteroatoms. The van der Waals surface area contributed by atoms with E-state index in [-0.39, 0.29) is 23.8 Å². The molecule has 0 aliphatic carbocycles. The second-order valence-electron chi connectivity index (χ2n) is 7.28. The van der Waals surface area contributed by atoms with Crippen molar-refractivity contribution in [1.82, 2.24) is 10.2 Å². The van der Waals surface area contributed by atoms with Crippen molar-refractivity contribution in [1.29, 1.82) is 0 Å². The van der Waals surface area contributed by atoms with Gasteiger partial charge in [0.2, 0.25) is 11.8 Å². The summed E-state index contributed by atoms with van der Waals surface area (Å²) < 4.78 is 0. The summed E-state index contributed by atoms with van der Waals surface area (Å²) in [7, 11) is 4.02. The highest BCUT2D eigenvalue weighted by molar-refractivity contribution is 5.96. The molecular formula is C22H27N3O2. The summed E-state index contributed by atoms with van der Waals surface area (Å²) in [5.41, 5.74) is 3.20. The minimum atomic E-state index is -0.149. The van der Waals surface area contributed by atoms with Gasteiger partial charge in [0.25, 0.3) is 0 Å². The SMILES string of the molecule is CN(C)[C@@H](CNC(=O)CC[C@@H]1Cc2ccccc2NC1=O)c1ccccc1. The van der Waals surface area contributed by atoms with Crippen LogP contribution in [-0.2, 0) is 16.0 Å². The number of likely N-dealkylation sites (N-methyl/N-ethyl adjacent to an activating group) is 1. The van der Waals surface area contributed by atoms with Crippen LogP contribution in [0.1, 0.15) is 30.0 Å². The molecule has 0 radical (unpaired) electrons. The number of para-hydroxylation sites is 1. The molecule has 2 amide bonds. The fourth-order valence-electron chi connectivity index (χ4n) is 3.52. The Balaban J connectivity index is 1.50. The quantitative estimate of drug-likeness (QED) is 0.793. The Hall–Kier alpha value is -2.66. The number of anilines is 1. The zero-order chi connectivity index (χ0) is 19.2. The van der Waals surface area contributed by atoms with E-state index in [4.69, 9.17) is 0 Å². The number of carbonyl (C=O) groups is 2. The van der Waals surface area contributed by atoms with E-state index in [0.29, 0.717) is 25.8 Å². The Morgan fingerprint density at radius 2 is 1.85 bits per heavy atom. The zero-order valence-corrected chi connectivity index (χ0v) is 15.9. The van der Waals surface area contributed by atoms with E-state index in [2.05, 4.69) is 27.7 Å². The molecule has 142 valence electrons. The third-order valence-electron chi connectivity index (χ3n) is 5.13. The summed E-state index contributed by atoms with van der Waals surface area (Å²) in [4.78, 5) is 26.7. The van der Waals surface area contributed by atoms with Gasteiger partial charge in [-0.2, -0.15) is 0 Å². The average molecular weight is 365 g/mol. The molecule has 0 saturated heterocycles. The summed E-state index contributed by atoms with van der Waals surface area (Å²) in [6.45, 7) is 0.551. The largest absolute Gasteiger partial charge is 0.354 e. The molecular weight excluding hydrogens is 338 g/mol. The zero-order valence-electron chi connectivity index (χ0n) is 15.9. The third kappa shape index (κ3) is 4.95. The highest BCUT2D eigenvalue weighted by atomic mass is 16.2. The molecule has 1 aliphatic heterocycles. The van der Waals surface area contributed by atoms with Gasteiger partial charge in [-0.15, -0.1) is 0 Å². The second kappa shape index (κ2) is 8.82. The monoisotopic (exact) mass is 365 g/mol. The summed E-state index contributed by atoms with van der Waals surface area (Å²) in [6, 6.07) is 18.1. The van der Waals surface area contributed by atoms with Crippen molar-refractivity contribution in [2.24, 2.45) is 5.92 Å².